The third-order valence-electron chi connectivity index (χ3n) is 3.50. The number of hydrogen-bond donors (Lipinski definition) is 1. The van der Waals surface area contributed by atoms with E-state index in [4.69, 9.17) is 5.73 Å². The Morgan fingerprint density at radius 2 is 2.11 bits per heavy atom. The summed E-state index contributed by atoms with van der Waals surface area (Å²) in [7, 11) is -3.79. The average Bonchev–Trinajstić information content (AvgIpc) is 2.71. The van der Waals surface area contributed by atoms with Gasteiger partial charge >= 0.3 is 0 Å². The molecule has 0 radical (unpaired) electrons. The second kappa shape index (κ2) is 4.95. The Balaban J connectivity index is 2.41. The van der Waals surface area contributed by atoms with E-state index in [0.29, 0.717) is 6.54 Å². The molecule has 0 saturated carbocycles. The Morgan fingerprint density at radius 3 is 2.72 bits per heavy atom. The summed E-state index contributed by atoms with van der Waals surface area (Å²) >= 11 is 0. The first-order valence-electron chi connectivity index (χ1n) is 5.95. The molecule has 6 heteroatoms. The molecule has 18 heavy (non-hydrogen) atoms. The summed E-state index contributed by atoms with van der Waals surface area (Å²) in [6.07, 6.45) is 0.759. The largest absolute Gasteiger partial charge is 0.329 e. The highest BCUT2D eigenvalue weighted by molar-refractivity contribution is 7.89. The number of nitrogens with zero attached hydrogens (tertiary/aromatic N) is 1. The van der Waals surface area contributed by atoms with E-state index in [-0.39, 0.29) is 23.4 Å². The molecule has 0 bridgehead atoms. The number of hydrogen-bond acceptors (Lipinski definition) is 3. The van der Waals surface area contributed by atoms with E-state index >= 15 is 0 Å². The predicted molar refractivity (Wildman–Crippen MR) is 66.9 cm³/mol. The van der Waals surface area contributed by atoms with Gasteiger partial charge in [-0.3, -0.25) is 0 Å². The van der Waals surface area contributed by atoms with Crippen LogP contribution in [-0.4, -0.2) is 31.9 Å². The Kier molecular flexibility index (Phi) is 3.70. The van der Waals surface area contributed by atoms with Crippen LogP contribution in [0.15, 0.2) is 29.2 Å². The van der Waals surface area contributed by atoms with E-state index < -0.39 is 15.8 Å². The summed E-state index contributed by atoms with van der Waals surface area (Å²) in [5.74, 6) is -0.510. The van der Waals surface area contributed by atoms with Crippen LogP contribution in [0.25, 0.3) is 0 Å². The predicted octanol–water partition coefficient (Wildman–Crippen LogP) is 1.18. The first kappa shape index (κ1) is 13.5. The molecule has 1 aliphatic heterocycles. The smallest absolute Gasteiger partial charge is 0.246 e. The third-order valence-corrected chi connectivity index (χ3v) is 5.45. The zero-order valence-electron chi connectivity index (χ0n) is 10.2. The topological polar surface area (TPSA) is 63.4 Å². The minimum Gasteiger partial charge on any atom is -0.329 e. The molecule has 1 aromatic carbocycles. The van der Waals surface area contributed by atoms with Crippen LogP contribution >= 0.6 is 0 Å². The minimum atomic E-state index is -3.79. The first-order chi connectivity index (χ1) is 8.48. The van der Waals surface area contributed by atoms with Crippen LogP contribution in [-0.2, 0) is 10.0 Å². The molecular formula is C12H17FN2O2S. The summed E-state index contributed by atoms with van der Waals surface area (Å²) in [6, 6.07) is 5.20. The van der Waals surface area contributed by atoms with Crippen LogP contribution in [0.3, 0.4) is 0 Å². The van der Waals surface area contributed by atoms with Crippen LogP contribution in [0, 0.1) is 11.7 Å². The van der Waals surface area contributed by atoms with Crippen molar-refractivity contribution in [2.75, 3.05) is 13.1 Å². The zero-order valence-corrected chi connectivity index (χ0v) is 11.0. The van der Waals surface area contributed by atoms with Gasteiger partial charge in [0.1, 0.15) is 10.7 Å². The van der Waals surface area contributed by atoms with Gasteiger partial charge in [-0.15, -0.1) is 0 Å². The first-order valence-corrected chi connectivity index (χ1v) is 7.39. The van der Waals surface area contributed by atoms with E-state index in [9.17, 15) is 12.8 Å². The Bertz CT molecular complexity index is 533. The highest BCUT2D eigenvalue weighted by Gasteiger charge is 2.39. The molecule has 100 valence electrons. The molecule has 1 fully saturated rings. The molecular weight excluding hydrogens is 255 g/mol. The Labute approximate surface area is 107 Å². The number of rotatable bonds is 3. The summed E-state index contributed by atoms with van der Waals surface area (Å²) in [4.78, 5) is -0.266. The van der Waals surface area contributed by atoms with Crippen molar-refractivity contribution in [1.29, 1.82) is 0 Å². The van der Waals surface area contributed by atoms with Gasteiger partial charge in [0.25, 0.3) is 0 Å². The van der Waals surface area contributed by atoms with E-state index in [1.54, 1.807) is 0 Å². The van der Waals surface area contributed by atoms with E-state index in [1.165, 1.54) is 22.5 Å². The lowest BCUT2D eigenvalue weighted by Gasteiger charge is -2.25. The number of sulfonamides is 1. The van der Waals surface area contributed by atoms with E-state index in [0.717, 1.165) is 12.5 Å². The van der Waals surface area contributed by atoms with Gasteiger partial charge in [-0.1, -0.05) is 19.1 Å². The van der Waals surface area contributed by atoms with Gasteiger partial charge in [0.15, 0.2) is 0 Å². The maximum Gasteiger partial charge on any atom is 0.246 e. The van der Waals surface area contributed by atoms with Crippen molar-refractivity contribution in [1.82, 2.24) is 4.31 Å². The highest BCUT2D eigenvalue weighted by atomic mass is 32.2. The lowest BCUT2D eigenvalue weighted by atomic mass is 10.0. The van der Waals surface area contributed by atoms with E-state index in [2.05, 4.69) is 0 Å². The molecule has 0 aromatic heterocycles. The Morgan fingerprint density at radius 1 is 1.44 bits per heavy atom. The molecule has 2 N–H and O–H groups in total. The van der Waals surface area contributed by atoms with Gasteiger partial charge in [-0.25, -0.2) is 12.8 Å². The quantitative estimate of drug-likeness (QED) is 0.898. The van der Waals surface area contributed by atoms with Crippen LogP contribution < -0.4 is 5.73 Å². The fourth-order valence-electron chi connectivity index (χ4n) is 2.40. The van der Waals surface area contributed by atoms with Gasteiger partial charge in [0, 0.05) is 19.1 Å². The fourth-order valence-corrected chi connectivity index (χ4v) is 4.22. The molecule has 0 aliphatic carbocycles. The molecule has 4 nitrogen and oxygen atoms in total. The summed E-state index contributed by atoms with van der Waals surface area (Å²) in [5, 5.41) is 0. The average molecular weight is 272 g/mol. The molecule has 2 unspecified atom stereocenters. The molecule has 1 aromatic rings. The number of benzene rings is 1. The molecule has 1 aliphatic rings. The van der Waals surface area contributed by atoms with E-state index in [1.807, 2.05) is 6.92 Å². The maximum atomic E-state index is 13.6. The zero-order chi connectivity index (χ0) is 13.3. The highest BCUT2D eigenvalue weighted by Crippen LogP contribution is 2.30. The maximum absolute atomic E-state index is 13.6. The second-order valence-electron chi connectivity index (χ2n) is 4.62. The summed E-state index contributed by atoms with van der Waals surface area (Å²) in [6.45, 7) is 2.63. The van der Waals surface area contributed by atoms with Gasteiger partial charge in [-0.2, -0.15) is 4.31 Å². The van der Waals surface area contributed by atoms with Crippen molar-refractivity contribution >= 4 is 10.0 Å². The van der Waals surface area contributed by atoms with Gasteiger partial charge in [0.05, 0.1) is 0 Å². The summed E-state index contributed by atoms with van der Waals surface area (Å²) < 4.78 is 39.8. The molecule has 0 spiro atoms. The fraction of sp³-hybridized carbons (Fsp3) is 0.500. The standard InChI is InChI=1S/C12H17FN2O2S/c1-9-6-7-15(11(9)8-14)18(16,17)12-5-3-2-4-10(12)13/h2-5,9,11H,6-8,14H2,1H3. The number of halogens is 1. The van der Waals surface area contributed by atoms with Crippen molar-refractivity contribution in [3.8, 4) is 0 Å². The lowest BCUT2D eigenvalue weighted by molar-refractivity contribution is 0.353. The van der Waals surface area contributed by atoms with Gasteiger partial charge in [-0.05, 0) is 24.5 Å². The van der Waals surface area contributed by atoms with Crippen LogP contribution in [0.2, 0.25) is 0 Å². The second-order valence-corrected chi connectivity index (χ2v) is 6.47. The summed E-state index contributed by atoms with van der Waals surface area (Å²) in [5.41, 5.74) is 5.63. The molecule has 2 atom stereocenters. The van der Waals surface area contributed by atoms with Gasteiger partial charge in [0.2, 0.25) is 10.0 Å². The number of nitrogens with two attached hydrogens (primary N) is 1. The normalized spacial score (nSPS) is 25.5. The van der Waals surface area contributed by atoms with Crippen LogP contribution in [0.1, 0.15) is 13.3 Å². The molecule has 2 rings (SSSR count). The molecule has 1 heterocycles. The van der Waals surface area contributed by atoms with Crippen LogP contribution in [0.5, 0.6) is 0 Å². The molecule has 1 saturated heterocycles. The molecule has 0 amide bonds. The van der Waals surface area contributed by atoms with Crippen molar-refractivity contribution < 1.29 is 12.8 Å². The van der Waals surface area contributed by atoms with Crippen molar-refractivity contribution in [3.05, 3.63) is 30.1 Å². The SMILES string of the molecule is CC1CCN(S(=O)(=O)c2ccccc2F)C1CN. The lowest BCUT2D eigenvalue weighted by Crippen LogP contribution is -2.42. The van der Waals surface area contributed by atoms with Crippen LogP contribution in [0.4, 0.5) is 4.39 Å². The Hall–Kier alpha value is -0.980. The van der Waals surface area contributed by atoms with Crippen molar-refractivity contribution in [2.45, 2.75) is 24.3 Å². The van der Waals surface area contributed by atoms with Gasteiger partial charge < -0.3 is 5.73 Å². The van der Waals surface area contributed by atoms with Crippen molar-refractivity contribution in [2.24, 2.45) is 11.7 Å². The third kappa shape index (κ3) is 2.15. The monoisotopic (exact) mass is 272 g/mol. The minimum absolute atomic E-state index is 0.205. The van der Waals surface area contributed by atoms with Crippen molar-refractivity contribution in [3.63, 3.8) is 0 Å².